The highest BCUT2D eigenvalue weighted by Crippen LogP contribution is 2.06. The van der Waals surface area contributed by atoms with E-state index in [4.69, 9.17) is 5.73 Å². The summed E-state index contributed by atoms with van der Waals surface area (Å²) in [6, 6.07) is 2.18. The fourth-order valence-electron chi connectivity index (χ4n) is 0.999. The Bertz CT molecular complexity index is 254. The Morgan fingerprint density at radius 1 is 1.62 bits per heavy atom. The molecule has 0 saturated heterocycles. The number of anilines is 1. The smallest absolute Gasteiger partial charge is 0.123 e. The third kappa shape index (κ3) is 2.73. The van der Waals surface area contributed by atoms with Crippen molar-refractivity contribution in [3.05, 3.63) is 12.3 Å². The van der Waals surface area contributed by atoms with Gasteiger partial charge in [0, 0.05) is 25.7 Å². The summed E-state index contributed by atoms with van der Waals surface area (Å²) >= 11 is 0. The van der Waals surface area contributed by atoms with Crippen LogP contribution in [0.5, 0.6) is 0 Å². The quantitative estimate of drug-likeness (QED) is 0.724. The summed E-state index contributed by atoms with van der Waals surface area (Å²) in [5.74, 6) is 1.50. The van der Waals surface area contributed by atoms with Gasteiger partial charge in [-0.1, -0.05) is 6.92 Å². The fraction of sp³-hybridized carbons (Fsp3) is 0.667. The average molecular weight is 182 g/mol. The maximum atomic E-state index is 5.75. The lowest BCUT2D eigenvalue weighted by molar-refractivity contribution is 0.505. The molecule has 0 aromatic carbocycles. The van der Waals surface area contributed by atoms with Gasteiger partial charge in [0.05, 0.1) is 6.20 Å². The van der Waals surface area contributed by atoms with Crippen LogP contribution in [0.25, 0.3) is 0 Å². The normalized spacial score (nSPS) is 15.4. The lowest BCUT2D eigenvalue weighted by atomic mass is 10.1. The topological polar surface area (TPSA) is 55.9 Å². The zero-order valence-electron chi connectivity index (χ0n) is 8.49. The molecule has 74 valence electrons. The second kappa shape index (κ2) is 4.28. The van der Waals surface area contributed by atoms with Gasteiger partial charge in [-0.05, 0) is 12.8 Å². The molecule has 13 heavy (non-hydrogen) atoms. The van der Waals surface area contributed by atoms with Crippen LogP contribution in [0.15, 0.2) is 12.3 Å². The molecular formula is C9H18N4. The van der Waals surface area contributed by atoms with E-state index >= 15 is 0 Å². The Hall–Kier alpha value is -1.03. The third-order valence-corrected chi connectivity index (χ3v) is 2.32. The molecule has 0 aliphatic heterocycles. The number of nitrogens with zero attached hydrogens (tertiary/aromatic N) is 2. The first-order chi connectivity index (χ1) is 6.11. The van der Waals surface area contributed by atoms with Crippen molar-refractivity contribution >= 4 is 5.82 Å². The monoisotopic (exact) mass is 182 g/mol. The van der Waals surface area contributed by atoms with Gasteiger partial charge in [-0.2, -0.15) is 5.10 Å². The molecule has 1 aromatic heterocycles. The summed E-state index contributed by atoms with van der Waals surface area (Å²) in [6.45, 7) is 5.04. The number of hydrogen-bond donors (Lipinski definition) is 2. The molecule has 0 bridgehead atoms. The van der Waals surface area contributed by atoms with Crippen molar-refractivity contribution < 1.29 is 0 Å². The summed E-state index contributed by atoms with van der Waals surface area (Å²) in [5.41, 5.74) is 5.75. The number of nitrogens with one attached hydrogen (secondary N) is 1. The van der Waals surface area contributed by atoms with Crippen molar-refractivity contribution in [3.8, 4) is 0 Å². The minimum atomic E-state index is 0.223. The van der Waals surface area contributed by atoms with Gasteiger partial charge in [-0.15, -0.1) is 0 Å². The van der Waals surface area contributed by atoms with Crippen LogP contribution < -0.4 is 11.1 Å². The van der Waals surface area contributed by atoms with Crippen molar-refractivity contribution in [2.24, 2.45) is 18.7 Å². The molecule has 2 unspecified atom stereocenters. The third-order valence-electron chi connectivity index (χ3n) is 2.32. The molecule has 1 heterocycles. The number of rotatable bonds is 4. The highest BCUT2D eigenvalue weighted by atomic mass is 15.3. The van der Waals surface area contributed by atoms with Gasteiger partial charge < -0.3 is 11.1 Å². The van der Waals surface area contributed by atoms with Crippen LogP contribution in [-0.4, -0.2) is 22.4 Å². The minimum Gasteiger partial charge on any atom is -0.370 e. The number of hydrogen-bond acceptors (Lipinski definition) is 3. The van der Waals surface area contributed by atoms with E-state index in [-0.39, 0.29) is 6.04 Å². The lowest BCUT2D eigenvalue weighted by Gasteiger charge is -2.16. The number of nitrogens with two attached hydrogens (primary N) is 1. The van der Waals surface area contributed by atoms with E-state index in [0.29, 0.717) is 5.92 Å². The van der Waals surface area contributed by atoms with Crippen molar-refractivity contribution in [1.29, 1.82) is 0 Å². The molecule has 0 radical (unpaired) electrons. The van der Waals surface area contributed by atoms with Crippen LogP contribution in [-0.2, 0) is 7.05 Å². The molecule has 0 amide bonds. The van der Waals surface area contributed by atoms with Crippen LogP contribution in [0.1, 0.15) is 13.8 Å². The van der Waals surface area contributed by atoms with Gasteiger partial charge in [-0.25, -0.2) is 0 Å². The van der Waals surface area contributed by atoms with Crippen LogP contribution in [0.2, 0.25) is 0 Å². The Morgan fingerprint density at radius 3 is 2.77 bits per heavy atom. The molecule has 0 aliphatic rings. The maximum Gasteiger partial charge on any atom is 0.123 e. The van der Waals surface area contributed by atoms with E-state index in [9.17, 15) is 0 Å². The summed E-state index contributed by atoms with van der Waals surface area (Å²) in [5, 5.41) is 7.36. The van der Waals surface area contributed by atoms with E-state index in [1.165, 1.54) is 0 Å². The van der Waals surface area contributed by atoms with Crippen molar-refractivity contribution in [2.45, 2.75) is 19.9 Å². The van der Waals surface area contributed by atoms with Gasteiger partial charge >= 0.3 is 0 Å². The molecule has 4 nitrogen and oxygen atoms in total. The average Bonchev–Trinajstić information content (AvgIpc) is 2.47. The number of aryl methyl sites for hydroxylation is 1. The Morgan fingerprint density at radius 2 is 2.31 bits per heavy atom. The number of aromatic nitrogens is 2. The molecule has 1 rings (SSSR count). The van der Waals surface area contributed by atoms with Gasteiger partial charge in [0.15, 0.2) is 0 Å². The molecule has 0 saturated carbocycles. The van der Waals surface area contributed by atoms with E-state index < -0.39 is 0 Å². The van der Waals surface area contributed by atoms with E-state index in [0.717, 1.165) is 12.4 Å². The van der Waals surface area contributed by atoms with Gasteiger partial charge in [0.25, 0.3) is 0 Å². The van der Waals surface area contributed by atoms with Crippen molar-refractivity contribution in [2.75, 3.05) is 11.9 Å². The summed E-state index contributed by atoms with van der Waals surface area (Å²) in [6.07, 6.45) is 1.78. The van der Waals surface area contributed by atoms with Crippen LogP contribution in [0, 0.1) is 5.92 Å². The largest absolute Gasteiger partial charge is 0.370 e. The molecule has 0 spiro atoms. The molecule has 1 aromatic rings. The van der Waals surface area contributed by atoms with E-state index in [2.05, 4.69) is 17.3 Å². The predicted octanol–water partition coefficient (Wildman–Crippen LogP) is 0.815. The fourth-order valence-corrected chi connectivity index (χ4v) is 0.999. The van der Waals surface area contributed by atoms with E-state index in [1.54, 1.807) is 6.20 Å². The lowest BCUT2D eigenvalue weighted by Crippen LogP contribution is -2.29. The summed E-state index contributed by atoms with van der Waals surface area (Å²) < 4.78 is 1.81. The van der Waals surface area contributed by atoms with Crippen molar-refractivity contribution in [3.63, 3.8) is 0 Å². The molecule has 3 N–H and O–H groups in total. The van der Waals surface area contributed by atoms with Crippen molar-refractivity contribution in [1.82, 2.24) is 9.78 Å². The molecular weight excluding hydrogens is 164 g/mol. The Balaban J connectivity index is 2.39. The second-order valence-corrected chi connectivity index (χ2v) is 3.56. The first-order valence-electron chi connectivity index (χ1n) is 4.58. The van der Waals surface area contributed by atoms with Crippen LogP contribution in [0.3, 0.4) is 0 Å². The first kappa shape index (κ1) is 10.1. The highest BCUT2D eigenvalue weighted by Gasteiger charge is 2.07. The summed E-state index contributed by atoms with van der Waals surface area (Å²) in [4.78, 5) is 0. The molecule has 2 atom stereocenters. The van der Waals surface area contributed by atoms with E-state index in [1.807, 2.05) is 24.7 Å². The Labute approximate surface area is 79.1 Å². The van der Waals surface area contributed by atoms with Gasteiger partial charge in [0.2, 0.25) is 0 Å². The summed E-state index contributed by atoms with van der Waals surface area (Å²) in [7, 11) is 1.92. The SMILES string of the molecule is CC(N)C(C)CNc1ccnn1C. The molecule has 0 fully saturated rings. The highest BCUT2D eigenvalue weighted by molar-refractivity contribution is 5.33. The molecule has 4 heteroatoms. The maximum absolute atomic E-state index is 5.75. The van der Waals surface area contributed by atoms with Gasteiger partial charge in [-0.3, -0.25) is 4.68 Å². The Kier molecular flexibility index (Phi) is 3.31. The first-order valence-corrected chi connectivity index (χ1v) is 4.58. The minimum absolute atomic E-state index is 0.223. The van der Waals surface area contributed by atoms with Gasteiger partial charge in [0.1, 0.15) is 5.82 Å². The van der Waals surface area contributed by atoms with Crippen LogP contribution in [0.4, 0.5) is 5.82 Å². The van der Waals surface area contributed by atoms with Crippen LogP contribution >= 0.6 is 0 Å². The molecule has 0 aliphatic carbocycles. The predicted molar refractivity (Wildman–Crippen MR) is 54.5 cm³/mol. The standard InChI is InChI=1S/C9H18N4/c1-7(8(2)10)6-11-9-4-5-12-13(9)3/h4-5,7-8,11H,6,10H2,1-3H3. The zero-order valence-corrected chi connectivity index (χ0v) is 8.49. The second-order valence-electron chi connectivity index (χ2n) is 3.56. The zero-order chi connectivity index (χ0) is 9.84.